The topological polar surface area (TPSA) is 68.0 Å². The lowest BCUT2D eigenvalue weighted by atomic mass is 10.1. The van der Waals surface area contributed by atoms with Gasteiger partial charge in [0.25, 0.3) is 5.91 Å². The van der Waals surface area contributed by atoms with Gasteiger partial charge in [0, 0.05) is 24.1 Å². The molecule has 0 saturated carbocycles. The summed E-state index contributed by atoms with van der Waals surface area (Å²) in [7, 11) is 0. The molecule has 0 radical (unpaired) electrons. The van der Waals surface area contributed by atoms with Crippen LogP contribution >= 0.6 is 0 Å². The van der Waals surface area contributed by atoms with Crippen molar-refractivity contribution in [2.45, 2.75) is 13.3 Å². The van der Waals surface area contributed by atoms with Gasteiger partial charge in [0.2, 0.25) is 11.7 Å². The van der Waals surface area contributed by atoms with Crippen LogP contribution in [-0.2, 0) is 6.42 Å². The average molecular weight is 325 g/mol. The van der Waals surface area contributed by atoms with Gasteiger partial charge >= 0.3 is 0 Å². The number of carbonyl (C=O) groups is 1. The van der Waals surface area contributed by atoms with Gasteiger partial charge in [0.05, 0.1) is 0 Å². The minimum Gasteiger partial charge on any atom is -0.352 e. The van der Waals surface area contributed by atoms with Crippen LogP contribution in [0.15, 0.2) is 53.1 Å². The third-order valence-electron chi connectivity index (χ3n) is 3.58. The second kappa shape index (κ2) is 7.04. The lowest BCUT2D eigenvalue weighted by Gasteiger charge is -2.05. The van der Waals surface area contributed by atoms with Gasteiger partial charge in [-0.25, -0.2) is 4.39 Å². The number of aromatic nitrogens is 2. The van der Waals surface area contributed by atoms with Crippen LogP contribution in [0.4, 0.5) is 4.39 Å². The van der Waals surface area contributed by atoms with Crippen molar-refractivity contribution >= 4 is 5.91 Å². The van der Waals surface area contributed by atoms with E-state index in [1.807, 2.05) is 25.1 Å². The van der Waals surface area contributed by atoms with E-state index >= 15 is 0 Å². The summed E-state index contributed by atoms with van der Waals surface area (Å²) < 4.78 is 18.1. The summed E-state index contributed by atoms with van der Waals surface area (Å²) in [6.07, 6.45) is 0.422. The van der Waals surface area contributed by atoms with E-state index < -0.39 is 0 Å². The molecule has 1 N–H and O–H groups in total. The van der Waals surface area contributed by atoms with Crippen molar-refractivity contribution < 1.29 is 13.7 Å². The Bertz CT molecular complexity index is 843. The van der Waals surface area contributed by atoms with Gasteiger partial charge in [-0.15, -0.1) is 0 Å². The van der Waals surface area contributed by atoms with E-state index in [1.54, 1.807) is 18.2 Å². The van der Waals surface area contributed by atoms with Gasteiger partial charge < -0.3 is 9.84 Å². The molecular formula is C18H16FN3O2. The molecule has 6 heteroatoms. The van der Waals surface area contributed by atoms with E-state index in [0.29, 0.717) is 35.8 Å². The Morgan fingerprint density at radius 1 is 1.17 bits per heavy atom. The molecule has 0 aliphatic rings. The first kappa shape index (κ1) is 15.9. The summed E-state index contributed by atoms with van der Waals surface area (Å²) in [6, 6.07) is 13.2. The van der Waals surface area contributed by atoms with Crippen molar-refractivity contribution in [2.75, 3.05) is 6.54 Å². The lowest BCUT2D eigenvalue weighted by molar-refractivity contribution is 0.0953. The SMILES string of the molecule is Cc1ccccc1C(=O)NCCc1nc(-c2ccc(F)cc2)no1. The highest BCUT2D eigenvalue weighted by Crippen LogP contribution is 2.16. The molecule has 0 aliphatic heterocycles. The molecule has 0 saturated heterocycles. The van der Waals surface area contributed by atoms with Gasteiger partial charge in [0.15, 0.2) is 0 Å². The fourth-order valence-electron chi connectivity index (χ4n) is 2.28. The molecule has 122 valence electrons. The molecule has 3 aromatic rings. The first-order valence-corrected chi connectivity index (χ1v) is 7.56. The quantitative estimate of drug-likeness (QED) is 0.782. The Balaban J connectivity index is 1.57. The highest BCUT2D eigenvalue weighted by Gasteiger charge is 2.11. The number of rotatable bonds is 5. The van der Waals surface area contributed by atoms with E-state index in [0.717, 1.165) is 5.56 Å². The molecule has 0 spiro atoms. The molecular weight excluding hydrogens is 309 g/mol. The van der Waals surface area contributed by atoms with Crippen molar-refractivity contribution in [2.24, 2.45) is 0 Å². The molecule has 3 rings (SSSR count). The zero-order valence-corrected chi connectivity index (χ0v) is 13.1. The number of nitrogens with zero attached hydrogens (tertiary/aromatic N) is 2. The van der Waals surface area contributed by atoms with Gasteiger partial charge in [-0.2, -0.15) is 4.98 Å². The largest absolute Gasteiger partial charge is 0.352 e. The number of hydrogen-bond acceptors (Lipinski definition) is 4. The van der Waals surface area contributed by atoms with Crippen LogP contribution in [0.3, 0.4) is 0 Å². The summed E-state index contributed by atoms with van der Waals surface area (Å²) in [5, 5.41) is 6.69. The Kier molecular flexibility index (Phi) is 4.65. The fraction of sp³-hybridized carbons (Fsp3) is 0.167. The van der Waals surface area contributed by atoms with Crippen LogP contribution in [0.1, 0.15) is 21.8 Å². The first-order valence-electron chi connectivity index (χ1n) is 7.56. The average Bonchev–Trinajstić information content (AvgIpc) is 3.04. The lowest BCUT2D eigenvalue weighted by Crippen LogP contribution is -2.26. The van der Waals surface area contributed by atoms with E-state index in [2.05, 4.69) is 15.5 Å². The standard InChI is InChI=1S/C18H16FN3O2/c1-12-4-2-3-5-15(12)18(23)20-11-10-16-21-17(22-24-16)13-6-8-14(19)9-7-13/h2-9H,10-11H2,1H3,(H,20,23). The number of amides is 1. The molecule has 0 bridgehead atoms. The van der Waals surface area contributed by atoms with E-state index in [9.17, 15) is 9.18 Å². The summed E-state index contributed by atoms with van der Waals surface area (Å²) in [5.41, 5.74) is 2.25. The molecule has 2 aromatic carbocycles. The van der Waals surface area contributed by atoms with Gasteiger partial charge in [0.1, 0.15) is 5.82 Å². The highest BCUT2D eigenvalue weighted by atomic mass is 19.1. The van der Waals surface area contributed by atoms with Crippen LogP contribution in [0, 0.1) is 12.7 Å². The molecule has 24 heavy (non-hydrogen) atoms. The summed E-state index contributed by atoms with van der Waals surface area (Å²) in [6.45, 7) is 2.28. The van der Waals surface area contributed by atoms with Crippen LogP contribution < -0.4 is 5.32 Å². The maximum absolute atomic E-state index is 12.9. The van der Waals surface area contributed by atoms with E-state index in [4.69, 9.17) is 4.52 Å². The van der Waals surface area contributed by atoms with Crippen LogP contribution in [-0.4, -0.2) is 22.6 Å². The second-order valence-electron chi connectivity index (χ2n) is 5.34. The van der Waals surface area contributed by atoms with E-state index in [1.165, 1.54) is 12.1 Å². The van der Waals surface area contributed by atoms with Crippen LogP contribution in [0.25, 0.3) is 11.4 Å². The molecule has 0 fully saturated rings. The zero-order chi connectivity index (χ0) is 16.9. The zero-order valence-electron chi connectivity index (χ0n) is 13.1. The highest BCUT2D eigenvalue weighted by molar-refractivity contribution is 5.95. The van der Waals surface area contributed by atoms with Crippen LogP contribution in [0.2, 0.25) is 0 Å². The number of halogens is 1. The minimum absolute atomic E-state index is 0.133. The second-order valence-corrected chi connectivity index (χ2v) is 5.34. The summed E-state index contributed by atoms with van der Waals surface area (Å²) in [4.78, 5) is 16.3. The maximum atomic E-state index is 12.9. The smallest absolute Gasteiger partial charge is 0.251 e. The maximum Gasteiger partial charge on any atom is 0.251 e. The van der Waals surface area contributed by atoms with Gasteiger partial charge in [-0.1, -0.05) is 23.4 Å². The van der Waals surface area contributed by atoms with Gasteiger partial charge in [-0.3, -0.25) is 4.79 Å². The number of nitrogens with one attached hydrogen (secondary N) is 1. The molecule has 0 aliphatic carbocycles. The predicted octanol–water partition coefficient (Wildman–Crippen LogP) is 3.16. The third-order valence-corrected chi connectivity index (χ3v) is 3.58. The monoisotopic (exact) mass is 325 g/mol. The van der Waals surface area contributed by atoms with Crippen molar-refractivity contribution in [3.63, 3.8) is 0 Å². The Morgan fingerprint density at radius 2 is 1.92 bits per heavy atom. The number of carbonyl (C=O) groups excluding carboxylic acids is 1. The summed E-state index contributed by atoms with van der Waals surface area (Å²) in [5.74, 6) is 0.363. The molecule has 1 aromatic heterocycles. The fourth-order valence-corrected chi connectivity index (χ4v) is 2.28. The van der Waals surface area contributed by atoms with Gasteiger partial charge in [-0.05, 0) is 42.8 Å². The van der Waals surface area contributed by atoms with E-state index in [-0.39, 0.29) is 11.7 Å². The molecule has 0 unspecified atom stereocenters. The van der Waals surface area contributed by atoms with Crippen molar-refractivity contribution in [3.8, 4) is 11.4 Å². The molecule has 0 atom stereocenters. The number of benzene rings is 2. The Labute approximate surface area is 138 Å². The number of hydrogen-bond donors (Lipinski definition) is 1. The first-order chi connectivity index (χ1) is 11.6. The molecule has 1 amide bonds. The summed E-state index contributed by atoms with van der Waals surface area (Å²) >= 11 is 0. The van der Waals surface area contributed by atoms with Crippen molar-refractivity contribution in [1.82, 2.24) is 15.5 Å². The normalized spacial score (nSPS) is 10.6. The predicted molar refractivity (Wildman–Crippen MR) is 86.9 cm³/mol. The molecule has 1 heterocycles. The minimum atomic E-state index is -0.318. The Hall–Kier alpha value is -3.02. The number of aryl methyl sites for hydroxylation is 1. The van der Waals surface area contributed by atoms with Crippen molar-refractivity contribution in [1.29, 1.82) is 0 Å². The van der Waals surface area contributed by atoms with Crippen molar-refractivity contribution in [3.05, 3.63) is 71.4 Å². The third kappa shape index (κ3) is 3.65. The molecule has 5 nitrogen and oxygen atoms in total. The van der Waals surface area contributed by atoms with Crippen LogP contribution in [0.5, 0.6) is 0 Å². The Morgan fingerprint density at radius 3 is 2.67 bits per heavy atom.